The van der Waals surface area contributed by atoms with Crippen molar-refractivity contribution in [3.8, 4) is 28.3 Å². The molecule has 0 amide bonds. The average molecular weight is 700 g/mol. The minimum atomic E-state index is -0.267. The molecule has 2 aliphatic rings. The molecule has 1 aliphatic heterocycles. The Bertz CT molecular complexity index is 2500. The van der Waals surface area contributed by atoms with Gasteiger partial charge in [-0.15, -0.1) is 0 Å². The summed E-state index contributed by atoms with van der Waals surface area (Å²) < 4.78 is 0. The fourth-order valence-corrected chi connectivity index (χ4v) is 7.31. The van der Waals surface area contributed by atoms with Crippen LogP contribution in [0, 0.1) is 17.2 Å². The van der Waals surface area contributed by atoms with Crippen molar-refractivity contribution in [2.75, 3.05) is 6.54 Å². The van der Waals surface area contributed by atoms with Gasteiger partial charge in [-0.1, -0.05) is 146 Å². The minimum Gasteiger partial charge on any atom is -0.344 e. The Balaban J connectivity index is 1.13. The number of nitrogens with two attached hydrogens (primary N) is 1. The molecule has 0 radical (unpaired) electrons. The van der Waals surface area contributed by atoms with E-state index in [2.05, 4.69) is 133 Å². The molecule has 0 bridgehead atoms. The maximum atomic E-state index is 10.1. The number of allylic oxidation sites excluding steroid dienone is 5. The fraction of sp³-hybridized carbons (Fsp3) is 0.122. The molecule has 6 aromatic carbocycles. The molecule has 262 valence electrons. The Morgan fingerprint density at radius 2 is 1.37 bits per heavy atom. The average Bonchev–Trinajstić information content (AvgIpc) is 3.25. The quantitative estimate of drug-likeness (QED) is 0.140. The number of hydrogen-bond acceptors (Lipinski definition) is 5. The molecule has 2 atom stereocenters. The summed E-state index contributed by atoms with van der Waals surface area (Å²) in [4.78, 5) is 10.1. The summed E-state index contributed by atoms with van der Waals surface area (Å²) in [6, 6.07) is 50.6. The number of nitrogens with one attached hydrogen (secondary N) is 1. The summed E-state index contributed by atoms with van der Waals surface area (Å²) in [6.07, 6.45) is 13.8. The first kappa shape index (κ1) is 34.5. The van der Waals surface area contributed by atoms with Crippen molar-refractivity contribution in [3.63, 3.8) is 0 Å². The molecular weight excluding hydrogens is 659 g/mol. The van der Waals surface area contributed by atoms with Crippen molar-refractivity contribution in [1.29, 1.82) is 5.26 Å². The van der Waals surface area contributed by atoms with E-state index in [9.17, 15) is 5.26 Å². The Morgan fingerprint density at radius 1 is 0.704 bits per heavy atom. The highest BCUT2D eigenvalue weighted by molar-refractivity contribution is 6.13. The summed E-state index contributed by atoms with van der Waals surface area (Å²) in [5, 5.41) is 16.0. The van der Waals surface area contributed by atoms with Gasteiger partial charge < -0.3 is 11.1 Å². The van der Waals surface area contributed by atoms with E-state index in [4.69, 9.17) is 15.7 Å². The van der Waals surface area contributed by atoms with E-state index in [1.165, 1.54) is 0 Å². The van der Waals surface area contributed by atoms with Gasteiger partial charge in [0.05, 0.1) is 11.6 Å². The number of amidine groups is 2. The fourth-order valence-electron chi connectivity index (χ4n) is 7.31. The van der Waals surface area contributed by atoms with Crippen LogP contribution in [0.5, 0.6) is 0 Å². The minimum absolute atomic E-state index is 0.267. The highest BCUT2D eigenvalue weighted by atomic mass is 15.2. The van der Waals surface area contributed by atoms with Crippen LogP contribution in [0.2, 0.25) is 0 Å². The number of rotatable bonds is 10. The summed E-state index contributed by atoms with van der Waals surface area (Å²) in [5.41, 5.74) is 15.9. The Hall–Kier alpha value is -6.61. The largest absolute Gasteiger partial charge is 0.344 e. The van der Waals surface area contributed by atoms with E-state index in [1.807, 2.05) is 48.5 Å². The van der Waals surface area contributed by atoms with E-state index in [1.54, 1.807) is 0 Å². The second-order valence-electron chi connectivity index (χ2n) is 13.7. The van der Waals surface area contributed by atoms with Gasteiger partial charge in [0.15, 0.2) is 5.84 Å². The third-order valence-corrected chi connectivity index (χ3v) is 10.1. The maximum Gasteiger partial charge on any atom is 0.159 e. The van der Waals surface area contributed by atoms with Crippen LogP contribution in [-0.2, 0) is 0 Å². The van der Waals surface area contributed by atoms with Crippen molar-refractivity contribution in [2.45, 2.75) is 25.4 Å². The summed E-state index contributed by atoms with van der Waals surface area (Å²) in [7, 11) is 0. The Morgan fingerprint density at radius 3 is 2.09 bits per heavy atom. The molecule has 0 fully saturated rings. The second kappa shape index (κ2) is 16.0. The molecule has 0 saturated carbocycles. The van der Waals surface area contributed by atoms with Crippen LogP contribution in [0.4, 0.5) is 0 Å². The summed E-state index contributed by atoms with van der Waals surface area (Å²) in [6.45, 7) is 0.681. The predicted molar refractivity (Wildman–Crippen MR) is 224 cm³/mol. The SMILES string of the molecule is N#Cc1cc(C2=CCC(C/C=C\CCN)C=C2)cc(-c2ccc(-c3cccc(C4=NC(c5ccccc5)=NC(c5ccccc5)N4)c3)c3ccccc23)c1. The molecular formula is C49H41N5. The van der Waals surface area contributed by atoms with Crippen LogP contribution in [-0.4, -0.2) is 18.2 Å². The zero-order valence-corrected chi connectivity index (χ0v) is 30.1. The lowest BCUT2D eigenvalue weighted by atomic mass is 9.87. The van der Waals surface area contributed by atoms with Crippen LogP contribution in [0.1, 0.15) is 53.2 Å². The van der Waals surface area contributed by atoms with Crippen molar-refractivity contribution < 1.29 is 0 Å². The van der Waals surface area contributed by atoms with Crippen LogP contribution in [0.25, 0.3) is 38.6 Å². The lowest BCUT2D eigenvalue weighted by Gasteiger charge is -2.24. The number of benzene rings is 6. The van der Waals surface area contributed by atoms with Gasteiger partial charge in [0.1, 0.15) is 12.0 Å². The van der Waals surface area contributed by atoms with Crippen LogP contribution >= 0.6 is 0 Å². The number of nitriles is 1. The highest BCUT2D eigenvalue weighted by Gasteiger charge is 2.21. The zero-order chi connectivity index (χ0) is 36.7. The summed E-state index contributed by atoms with van der Waals surface area (Å²) in [5.74, 6) is 1.95. The molecule has 1 aliphatic carbocycles. The van der Waals surface area contributed by atoms with Gasteiger partial charge in [0.2, 0.25) is 0 Å². The molecule has 2 unspecified atom stereocenters. The molecule has 5 nitrogen and oxygen atoms in total. The smallest absolute Gasteiger partial charge is 0.159 e. The lowest BCUT2D eigenvalue weighted by molar-refractivity contribution is 0.669. The molecule has 0 spiro atoms. The molecule has 8 rings (SSSR count). The second-order valence-corrected chi connectivity index (χ2v) is 13.7. The van der Waals surface area contributed by atoms with Gasteiger partial charge in [0, 0.05) is 11.1 Å². The first-order valence-corrected chi connectivity index (χ1v) is 18.6. The van der Waals surface area contributed by atoms with Crippen molar-refractivity contribution in [1.82, 2.24) is 5.32 Å². The number of fused-ring (bicyclic) bond motifs is 1. The molecule has 3 N–H and O–H groups in total. The highest BCUT2D eigenvalue weighted by Crippen LogP contribution is 2.38. The van der Waals surface area contributed by atoms with Gasteiger partial charge in [-0.05, 0) is 106 Å². The van der Waals surface area contributed by atoms with E-state index >= 15 is 0 Å². The van der Waals surface area contributed by atoms with Gasteiger partial charge in [-0.25, -0.2) is 9.98 Å². The van der Waals surface area contributed by atoms with E-state index in [0.717, 1.165) is 86.0 Å². The third kappa shape index (κ3) is 7.47. The third-order valence-electron chi connectivity index (χ3n) is 10.1. The normalized spacial score (nSPS) is 16.7. The molecule has 0 saturated heterocycles. The van der Waals surface area contributed by atoms with E-state index in [0.29, 0.717) is 23.9 Å². The van der Waals surface area contributed by atoms with Crippen molar-refractivity contribution >= 4 is 28.0 Å². The summed E-state index contributed by atoms with van der Waals surface area (Å²) >= 11 is 0. The standard InChI is InChI=1S/C49H41N5/c50-28-11-3-4-13-34-22-24-36(25-23-34)41-29-35(33-51)30-42(32-41)44-27-26-43(45-20-9-10-21-46(44)45)39-18-12-19-40(31-39)49-53-47(37-14-5-1-6-15-37)52-48(54-49)38-16-7-2-8-17-38/h1-10,12,14-22,24-27,29-32,34,47H,11,13,23,28,50H2,(H,52,53,54)/b4-3-. The monoisotopic (exact) mass is 699 g/mol. The first-order chi connectivity index (χ1) is 26.7. The van der Waals surface area contributed by atoms with Gasteiger partial charge >= 0.3 is 0 Å². The first-order valence-electron chi connectivity index (χ1n) is 18.6. The van der Waals surface area contributed by atoms with Gasteiger partial charge in [0.25, 0.3) is 0 Å². The van der Waals surface area contributed by atoms with Crippen LogP contribution < -0.4 is 11.1 Å². The number of nitrogens with zero attached hydrogens (tertiary/aromatic N) is 3. The molecule has 1 heterocycles. The molecule has 0 aromatic heterocycles. The molecule has 6 aromatic rings. The molecule has 54 heavy (non-hydrogen) atoms. The zero-order valence-electron chi connectivity index (χ0n) is 30.1. The number of hydrogen-bond donors (Lipinski definition) is 2. The number of aliphatic imine (C=N–C) groups is 2. The van der Waals surface area contributed by atoms with Crippen molar-refractivity contribution in [2.24, 2.45) is 21.6 Å². The van der Waals surface area contributed by atoms with Crippen LogP contribution in [0.3, 0.4) is 0 Å². The van der Waals surface area contributed by atoms with Crippen LogP contribution in [0.15, 0.2) is 180 Å². The topological polar surface area (TPSA) is 86.6 Å². The van der Waals surface area contributed by atoms with E-state index < -0.39 is 0 Å². The predicted octanol–water partition coefficient (Wildman–Crippen LogP) is 10.8. The Labute approximate surface area is 317 Å². The molecule has 5 heteroatoms. The maximum absolute atomic E-state index is 10.1. The van der Waals surface area contributed by atoms with Crippen molar-refractivity contribution in [3.05, 3.63) is 198 Å². The van der Waals surface area contributed by atoms with Gasteiger partial charge in [-0.2, -0.15) is 5.26 Å². The van der Waals surface area contributed by atoms with E-state index in [-0.39, 0.29) is 6.17 Å². The lowest BCUT2D eigenvalue weighted by Crippen LogP contribution is -2.33. The Kier molecular flexibility index (Phi) is 10.2. The van der Waals surface area contributed by atoms with Gasteiger partial charge in [-0.3, -0.25) is 0 Å².